The van der Waals surface area contributed by atoms with Gasteiger partial charge in [0.05, 0.1) is 0 Å². The molecule has 1 unspecified atom stereocenters. The van der Waals surface area contributed by atoms with E-state index in [0.29, 0.717) is 11.9 Å². The van der Waals surface area contributed by atoms with Crippen molar-refractivity contribution in [3.8, 4) is 0 Å². The molecule has 1 aliphatic rings. The Kier molecular flexibility index (Phi) is 2.68. The minimum atomic E-state index is 0.673. The van der Waals surface area contributed by atoms with E-state index in [2.05, 4.69) is 22.9 Å². The second kappa shape index (κ2) is 3.96. The van der Waals surface area contributed by atoms with Crippen molar-refractivity contribution in [1.82, 2.24) is 9.88 Å². The molecule has 0 saturated carbocycles. The average molecular weight is 191 g/mol. The molecule has 2 heterocycles. The van der Waals surface area contributed by atoms with E-state index in [1.807, 2.05) is 6.07 Å². The maximum atomic E-state index is 5.81. The van der Waals surface area contributed by atoms with Gasteiger partial charge in [0, 0.05) is 24.3 Å². The van der Waals surface area contributed by atoms with Crippen molar-refractivity contribution in [1.29, 1.82) is 0 Å². The number of hydrogen-bond acceptors (Lipinski definition) is 3. The van der Waals surface area contributed by atoms with Crippen LogP contribution >= 0.6 is 0 Å². The largest absolute Gasteiger partial charge is 0.383 e. The smallest absolute Gasteiger partial charge is 0.127 e. The van der Waals surface area contributed by atoms with Crippen LogP contribution in [0.4, 0.5) is 5.82 Å². The van der Waals surface area contributed by atoms with Crippen LogP contribution in [0.3, 0.4) is 0 Å². The Labute approximate surface area is 84.9 Å². The first-order valence-corrected chi connectivity index (χ1v) is 5.21. The van der Waals surface area contributed by atoms with Gasteiger partial charge in [0.2, 0.25) is 0 Å². The van der Waals surface area contributed by atoms with Crippen LogP contribution in [0, 0.1) is 0 Å². The van der Waals surface area contributed by atoms with E-state index in [9.17, 15) is 0 Å². The summed E-state index contributed by atoms with van der Waals surface area (Å²) in [5.41, 5.74) is 6.96. The number of aromatic nitrogens is 1. The van der Waals surface area contributed by atoms with Gasteiger partial charge in [-0.1, -0.05) is 6.07 Å². The molecule has 0 aromatic carbocycles. The molecule has 1 fully saturated rings. The predicted octanol–water partition coefficient (Wildman–Crippen LogP) is 1.65. The van der Waals surface area contributed by atoms with Crippen LogP contribution in [0.2, 0.25) is 0 Å². The molecule has 3 nitrogen and oxygen atoms in total. The van der Waals surface area contributed by atoms with Gasteiger partial charge < -0.3 is 5.73 Å². The van der Waals surface area contributed by atoms with Crippen molar-refractivity contribution >= 4 is 5.82 Å². The molecule has 3 heteroatoms. The molecule has 2 rings (SSSR count). The van der Waals surface area contributed by atoms with Crippen LogP contribution in [0.15, 0.2) is 18.3 Å². The summed E-state index contributed by atoms with van der Waals surface area (Å²) in [5, 5.41) is 0. The van der Waals surface area contributed by atoms with Crippen LogP contribution in [0.25, 0.3) is 0 Å². The molecular weight excluding hydrogens is 174 g/mol. The number of anilines is 1. The Hall–Kier alpha value is -1.09. The molecule has 0 amide bonds. The lowest BCUT2D eigenvalue weighted by atomic mass is 10.2. The molecule has 14 heavy (non-hydrogen) atoms. The van der Waals surface area contributed by atoms with E-state index < -0.39 is 0 Å². The molecule has 0 bridgehead atoms. The van der Waals surface area contributed by atoms with Gasteiger partial charge in [0.1, 0.15) is 5.82 Å². The molecule has 1 aromatic heterocycles. The standard InChI is InChI=1S/C11H17N3/c1-9-4-3-7-14(9)8-10-5-2-6-13-11(10)12/h2,5-6,9H,3-4,7-8H2,1H3,(H2,12,13). The summed E-state index contributed by atoms with van der Waals surface area (Å²) in [7, 11) is 0. The highest BCUT2D eigenvalue weighted by Gasteiger charge is 2.20. The third-order valence-electron chi connectivity index (χ3n) is 2.99. The van der Waals surface area contributed by atoms with E-state index >= 15 is 0 Å². The van der Waals surface area contributed by atoms with Gasteiger partial charge in [0.25, 0.3) is 0 Å². The molecule has 0 aliphatic carbocycles. The second-order valence-corrected chi connectivity index (χ2v) is 4.01. The zero-order chi connectivity index (χ0) is 9.97. The van der Waals surface area contributed by atoms with Crippen molar-refractivity contribution < 1.29 is 0 Å². The first-order valence-electron chi connectivity index (χ1n) is 5.21. The number of nitrogen functional groups attached to an aromatic ring is 1. The summed E-state index contributed by atoms with van der Waals surface area (Å²) in [6.45, 7) is 4.41. The lowest BCUT2D eigenvalue weighted by Crippen LogP contribution is -2.26. The van der Waals surface area contributed by atoms with Crippen molar-refractivity contribution in [2.24, 2.45) is 0 Å². The molecule has 1 aromatic rings. The second-order valence-electron chi connectivity index (χ2n) is 4.01. The van der Waals surface area contributed by atoms with Gasteiger partial charge >= 0.3 is 0 Å². The van der Waals surface area contributed by atoms with Crippen molar-refractivity contribution in [3.05, 3.63) is 23.9 Å². The van der Waals surface area contributed by atoms with E-state index in [4.69, 9.17) is 5.73 Å². The summed E-state index contributed by atoms with van der Waals surface area (Å²) < 4.78 is 0. The Morgan fingerprint density at radius 2 is 2.50 bits per heavy atom. The maximum Gasteiger partial charge on any atom is 0.127 e. The van der Waals surface area contributed by atoms with E-state index in [1.165, 1.54) is 19.4 Å². The predicted molar refractivity (Wildman–Crippen MR) is 57.8 cm³/mol. The van der Waals surface area contributed by atoms with E-state index in [0.717, 1.165) is 12.1 Å². The summed E-state index contributed by atoms with van der Waals surface area (Å²) in [4.78, 5) is 6.56. The Morgan fingerprint density at radius 1 is 1.64 bits per heavy atom. The van der Waals surface area contributed by atoms with Crippen molar-refractivity contribution in [2.45, 2.75) is 32.4 Å². The molecule has 0 radical (unpaired) electrons. The van der Waals surface area contributed by atoms with Crippen molar-refractivity contribution in [2.75, 3.05) is 12.3 Å². The van der Waals surface area contributed by atoms with Crippen LogP contribution in [0.5, 0.6) is 0 Å². The molecular formula is C11H17N3. The van der Waals surface area contributed by atoms with Gasteiger partial charge in [-0.25, -0.2) is 4.98 Å². The Bertz CT molecular complexity index is 311. The quantitative estimate of drug-likeness (QED) is 0.773. The fourth-order valence-corrected chi connectivity index (χ4v) is 2.03. The number of hydrogen-bond donors (Lipinski definition) is 1. The maximum absolute atomic E-state index is 5.81. The topological polar surface area (TPSA) is 42.2 Å². The highest BCUT2D eigenvalue weighted by atomic mass is 15.2. The molecule has 2 N–H and O–H groups in total. The first-order chi connectivity index (χ1) is 6.77. The first kappa shape index (κ1) is 9.46. The van der Waals surface area contributed by atoms with Gasteiger partial charge in [0.15, 0.2) is 0 Å². The molecule has 76 valence electrons. The fraction of sp³-hybridized carbons (Fsp3) is 0.545. The summed E-state index contributed by atoms with van der Waals surface area (Å²) in [5.74, 6) is 0.673. The van der Waals surface area contributed by atoms with Crippen LogP contribution < -0.4 is 5.73 Å². The summed E-state index contributed by atoms with van der Waals surface area (Å²) >= 11 is 0. The monoisotopic (exact) mass is 191 g/mol. The summed E-state index contributed by atoms with van der Waals surface area (Å²) in [6.07, 6.45) is 4.35. The molecule has 1 aliphatic heterocycles. The highest BCUT2D eigenvalue weighted by Crippen LogP contribution is 2.20. The van der Waals surface area contributed by atoms with Gasteiger partial charge in [-0.3, -0.25) is 4.90 Å². The minimum Gasteiger partial charge on any atom is -0.383 e. The van der Waals surface area contributed by atoms with E-state index in [1.54, 1.807) is 6.20 Å². The zero-order valence-electron chi connectivity index (χ0n) is 8.61. The number of likely N-dealkylation sites (tertiary alicyclic amines) is 1. The minimum absolute atomic E-state index is 0.673. The van der Waals surface area contributed by atoms with Crippen LogP contribution in [-0.4, -0.2) is 22.5 Å². The number of rotatable bonds is 2. The SMILES string of the molecule is CC1CCCN1Cc1cccnc1N. The number of nitrogens with zero attached hydrogens (tertiary/aromatic N) is 2. The Balaban J connectivity index is 2.07. The third-order valence-corrected chi connectivity index (χ3v) is 2.99. The van der Waals surface area contributed by atoms with E-state index in [-0.39, 0.29) is 0 Å². The average Bonchev–Trinajstić information content (AvgIpc) is 2.56. The van der Waals surface area contributed by atoms with Gasteiger partial charge in [-0.2, -0.15) is 0 Å². The highest BCUT2D eigenvalue weighted by molar-refractivity contribution is 5.38. The normalized spacial score (nSPS) is 22.8. The molecule has 1 saturated heterocycles. The lowest BCUT2D eigenvalue weighted by molar-refractivity contribution is 0.260. The number of nitrogens with two attached hydrogens (primary N) is 1. The fourth-order valence-electron chi connectivity index (χ4n) is 2.03. The van der Waals surface area contributed by atoms with Crippen molar-refractivity contribution in [3.63, 3.8) is 0 Å². The Morgan fingerprint density at radius 3 is 3.14 bits per heavy atom. The van der Waals surface area contributed by atoms with Gasteiger partial charge in [-0.15, -0.1) is 0 Å². The van der Waals surface area contributed by atoms with Crippen LogP contribution in [-0.2, 0) is 6.54 Å². The van der Waals surface area contributed by atoms with Crippen LogP contribution in [0.1, 0.15) is 25.3 Å². The summed E-state index contributed by atoms with van der Waals surface area (Å²) in [6, 6.07) is 4.70. The third kappa shape index (κ3) is 1.87. The lowest BCUT2D eigenvalue weighted by Gasteiger charge is -2.21. The molecule has 1 atom stereocenters. The molecule has 0 spiro atoms. The van der Waals surface area contributed by atoms with Gasteiger partial charge in [-0.05, 0) is 32.4 Å². The zero-order valence-corrected chi connectivity index (χ0v) is 8.61. The number of pyridine rings is 1.